The lowest BCUT2D eigenvalue weighted by Gasteiger charge is -2.29. The van der Waals surface area contributed by atoms with Gasteiger partial charge in [-0.3, -0.25) is 0 Å². The van der Waals surface area contributed by atoms with E-state index in [9.17, 15) is 10.2 Å². The Morgan fingerprint density at radius 2 is 2.05 bits per heavy atom. The molecular formula is C15H22O4. The molecule has 1 aromatic carbocycles. The molecular weight excluding hydrogens is 244 g/mol. The molecule has 4 heteroatoms. The highest BCUT2D eigenvalue weighted by Crippen LogP contribution is 2.34. The van der Waals surface area contributed by atoms with Crippen molar-refractivity contribution < 1.29 is 19.7 Å². The third-order valence-corrected chi connectivity index (χ3v) is 3.47. The van der Waals surface area contributed by atoms with Crippen LogP contribution >= 0.6 is 0 Å². The molecule has 0 saturated heterocycles. The summed E-state index contributed by atoms with van der Waals surface area (Å²) in [7, 11) is 0. The molecule has 2 rings (SSSR count). The Bertz CT molecular complexity index is 405. The SMILES string of the molecule is CCOc1cccc(CO)c1OC1CCCCC1O. The van der Waals surface area contributed by atoms with Crippen LogP contribution in [0, 0.1) is 0 Å². The van der Waals surface area contributed by atoms with Crippen LogP contribution in [0.5, 0.6) is 11.5 Å². The number of hydrogen-bond acceptors (Lipinski definition) is 4. The Hall–Kier alpha value is -1.26. The summed E-state index contributed by atoms with van der Waals surface area (Å²) >= 11 is 0. The van der Waals surface area contributed by atoms with Gasteiger partial charge in [0.1, 0.15) is 6.10 Å². The van der Waals surface area contributed by atoms with E-state index in [1.165, 1.54) is 0 Å². The Balaban J connectivity index is 2.21. The number of para-hydroxylation sites is 1. The van der Waals surface area contributed by atoms with Crippen LogP contribution in [0.25, 0.3) is 0 Å². The van der Waals surface area contributed by atoms with E-state index >= 15 is 0 Å². The minimum atomic E-state index is -0.435. The van der Waals surface area contributed by atoms with Crippen molar-refractivity contribution in [1.29, 1.82) is 0 Å². The minimum Gasteiger partial charge on any atom is -0.490 e. The van der Waals surface area contributed by atoms with Crippen molar-refractivity contribution in [2.45, 2.75) is 51.4 Å². The Morgan fingerprint density at radius 3 is 2.74 bits per heavy atom. The van der Waals surface area contributed by atoms with E-state index in [0.717, 1.165) is 25.7 Å². The fourth-order valence-electron chi connectivity index (χ4n) is 2.45. The highest BCUT2D eigenvalue weighted by Gasteiger charge is 2.26. The highest BCUT2D eigenvalue weighted by molar-refractivity contribution is 5.46. The number of benzene rings is 1. The molecule has 4 nitrogen and oxygen atoms in total. The quantitative estimate of drug-likeness (QED) is 0.858. The molecule has 1 aromatic rings. The van der Waals surface area contributed by atoms with E-state index in [1.807, 2.05) is 25.1 Å². The first kappa shape index (κ1) is 14.2. The lowest BCUT2D eigenvalue weighted by molar-refractivity contribution is 0.00439. The molecule has 1 saturated carbocycles. The normalized spacial score (nSPS) is 23.1. The zero-order valence-corrected chi connectivity index (χ0v) is 11.3. The molecule has 0 spiro atoms. The van der Waals surface area contributed by atoms with Crippen molar-refractivity contribution in [3.63, 3.8) is 0 Å². The summed E-state index contributed by atoms with van der Waals surface area (Å²) in [4.78, 5) is 0. The van der Waals surface area contributed by atoms with Crippen LogP contribution in [0.2, 0.25) is 0 Å². The van der Waals surface area contributed by atoms with Crippen LogP contribution in [0.1, 0.15) is 38.2 Å². The molecule has 2 N–H and O–H groups in total. The van der Waals surface area contributed by atoms with Crippen LogP contribution in [-0.4, -0.2) is 29.0 Å². The summed E-state index contributed by atoms with van der Waals surface area (Å²) in [5.74, 6) is 1.20. The van der Waals surface area contributed by atoms with Crippen molar-refractivity contribution in [1.82, 2.24) is 0 Å². The first-order valence-electron chi connectivity index (χ1n) is 6.96. The van der Waals surface area contributed by atoms with Crippen LogP contribution in [-0.2, 0) is 6.61 Å². The van der Waals surface area contributed by atoms with Crippen LogP contribution in [0.3, 0.4) is 0 Å². The van der Waals surface area contributed by atoms with Crippen LogP contribution in [0.15, 0.2) is 18.2 Å². The second-order valence-corrected chi connectivity index (χ2v) is 4.84. The van der Waals surface area contributed by atoms with Gasteiger partial charge in [-0.2, -0.15) is 0 Å². The molecule has 2 atom stereocenters. The van der Waals surface area contributed by atoms with E-state index in [4.69, 9.17) is 9.47 Å². The standard InChI is InChI=1S/C15H22O4/c1-2-18-14-9-5-6-11(10-16)15(14)19-13-8-4-3-7-12(13)17/h5-6,9,12-13,16-17H,2-4,7-8,10H2,1H3. The van der Waals surface area contributed by atoms with Gasteiger partial charge in [-0.1, -0.05) is 18.6 Å². The molecule has 0 aromatic heterocycles. The summed E-state index contributed by atoms with van der Waals surface area (Å²) in [6.07, 6.45) is 3.08. The van der Waals surface area contributed by atoms with Gasteiger partial charge < -0.3 is 19.7 Å². The molecule has 1 aliphatic carbocycles. The zero-order chi connectivity index (χ0) is 13.7. The second kappa shape index (κ2) is 6.78. The molecule has 0 bridgehead atoms. The monoisotopic (exact) mass is 266 g/mol. The third-order valence-electron chi connectivity index (χ3n) is 3.47. The maximum atomic E-state index is 9.99. The topological polar surface area (TPSA) is 58.9 Å². The van der Waals surface area contributed by atoms with Crippen molar-refractivity contribution in [3.05, 3.63) is 23.8 Å². The van der Waals surface area contributed by atoms with Gasteiger partial charge >= 0.3 is 0 Å². The maximum Gasteiger partial charge on any atom is 0.167 e. The van der Waals surface area contributed by atoms with Gasteiger partial charge in [-0.25, -0.2) is 0 Å². The number of aliphatic hydroxyl groups excluding tert-OH is 2. The van der Waals surface area contributed by atoms with Crippen molar-refractivity contribution in [2.24, 2.45) is 0 Å². The smallest absolute Gasteiger partial charge is 0.167 e. The average Bonchev–Trinajstić information content (AvgIpc) is 2.43. The van der Waals surface area contributed by atoms with E-state index in [-0.39, 0.29) is 12.7 Å². The lowest BCUT2D eigenvalue weighted by Crippen LogP contribution is -2.35. The summed E-state index contributed by atoms with van der Waals surface area (Å²) in [6.45, 7) is 2.35. The predicted molar refractivity (Wildman–Crippen MR) is 72.4 cm³/mol. The van der Waals surface area contributed by atoms with Gasteiger partial charge in [0.25, 0.3) is 0 Å². The van der Waals surface area contributed by atoms with Gasteiger partial charge in [0.05, 0.1) is 19.3 Å². The minimum absolute atomic E-state index is 0.0982. The molecule has 1 aliphatic rings. The summed E-state index contributed by atoms with van der Waals surface area (Å²) in [5, 5.41) is 19.4. The molecule has 0 aliphatic heterocycles. The highest BCUT2D eigenvalue weighted by atomic mass is 16.5. The molecule has 2 unspecified atom stereocenters. The van der Waals surface area contributed by atoms with E-state index < -0.39 is 6.10 Å². The number of aliphatic hydroxyl groups is 2. The molecule has 19 heavy (non-hydrogen) atoms. The van der Waals surface area contributed by atoms with Crippen LogP contribution in [0.4, 0.5) is 0 Å². The predicted octanol–water partition coefficient (Wildman–Crippen LogP) is 2.26. The first-order chi connectivity index (χ1) is 9.26. The van der Waals surface area contributed by atoms with Gasteiger partial charge in [0, 0.05) is 5.56 Å². The summed E-state index contributed by atoms with van der Waals surface area (Å²) < 4.78 is 11.5. The van der Waals surface area contributed by atoms with Gasteiger partial charge in [-0.15, -0.1) is 0 Å². The van der Waals surface area contributed by atoms with Crippen molar-refractivity contribution >= 4 is 0 Å². The Labute approximate surface area is 114 Å². The van der Waals surface area contributed by atoms with E-state index in [1.54, 1.807) is 0 Å². The number of rotatable bonds is 5. The zero-order valence-electron chi connectivity index (χ0n) is 11.3. The number of hydrogen-bond donors (Lipinski definition) is 2. The molecule has 106 valence electrons. The lowest BCUT2D eigenvalue weighted by atomic mass is 9.95. The van der Waals surface area contributed by atoms with Gasteiger partial charge in [-0.05, 0) is 32.3 Å². The fraction of sp³-hybridized carbons (Fsp3) is 0.600. The summed E-state index contributed by atoms with van der Waals surface area (Å²) in [6, 6.07) is 5.47. The largest absolute Gasteiger partial charge is 0.490 e. The van der Waals surface area contributed by atoms with Crippen LogP contribution < -0.4 is 9.47 Å². The average molecular weight is 266 g/mol. The first-order valence-corrected chi connectivity index (χ1v) is 6.96. The van der Waals surface area contributed by atoms with Crippen molar-refractivity contribution in [3.8, 4) is 11.5 Å². The van der Waals surface area contributed by atoms with Gasteiger partial charge in [0.15, 0.2) is 11.5 Å². The maximum absolute atomic E-state index is 9.99. The fourth-order valence-corrected chi connectivity index (χ4v) is 2.45. The Kier molecular flexibility index (Phi) is 5.05. The van der Waals surface area contributed by atoms with E-state index in [0.29, 0.717) is 23.7 Å². The Morgan fingerprint density at radius 1 is 1.26 bits per heavy atom. The van der Waals surface area contributed by atoms with E-state index in [2.05, 4.69) is 0 Å². The number of ether oxygens (including phenoxy) is 2. The molecule has 0 amide bonds. The second-order valence-electron chi connectivity index (χ2n) is 4.84. The molecule has 0 heterocycles. The summed E-state index contributed by atoms with van der Waals surface area (Å²) in [5.41, 5.74) is 0.698. The third kappa shape index (κ3) is 3.39. The van der Waals surface area contributed by atoms with Crippen molar-refractivity contribution in [2.75, 3.05) is 6.61 Å². The van der Waals surface area contributed by atoms with Gasteiger partial charge in [0.2, 0.25) is 0 Å². The molecule has 0 radical (unpaired) electrons. The molecule has 1 fully saturated rings.